The van der Waals surface area contributed by atoms with Gasteiger partial charge in [-0.25, -0.2) is 4.98 Å². The molecule has 2 rings (SSSR count). The highest BCUT2D eigenvalue weighted by atomic mass is 16.5. The molecule has 1 aromatic carbocycles. The van der Waals surface area contributed by atoms with Crippen LogP contribution in [0.15, 0.2) is 42.6 Å². The van der Waals surface area contributed by atoms with Crippen molar-refractivity contribution in [1.29, 1.82) is 0 Å². The first-order chi connectivity index (χ1) is 9.81. The largest absolute Gasteiger partial charge is 0.439 e. The van der Waals surface area contributed by atoms with Crippen LogP contribution in [0.5, 0.6) is 11.6 Å². The molecule has 0 amide bonds. The van der Waals surface area contributed by atoms with Gasteiger partial charge in [-0.2, -0.15) is 0 Å². The molecule has 0 saturated carbocycles. The molecular formula is C17H22N2O. The van der Waals surface area contributed by atoms with Gasteiger partial charge in [0.1, 0.15) is 5.75 Å². The summed E-state index contributed by atoms with van der Waals surface area (Å²) in [5.41, 5.74) is 2.52. The topological polar surface area (TPSA) is 34.1 Å². The summed E-state index contributed by atoms with van der Waals surface area (Å²) in [4.78, 5) is 4.25. The van der Waals surface area contributed by atoms with Crippen molar-refractivity contribution < 1.29 is 4.74 Å². The summed E-state index contributed by atoms with van der Waals surface area (Å²) in [7, 11) is 0. The summed E-state index contributed by atoms with van der Waals surface area (Å²) in [6.07, 6.45) is 4.05. The number of aryl methyl sites for hydroxylation is 1. The minimum atomic E-state index is 0.642. The number of ether oxygens (including phenoxy) is 1. The number of benzene rings is 1. The van der Waals surface area contributed by atoms with Crippen molar-refractivity contribution in [3.05, 3.63) is 53.7 Å². The van der Waals surface area contributed by atoms with Crippen LogP contribution in [-0.4, -0.2) is 11.5 Å². The van der Waals surface area contributed by atoms with Crippen LogP contribution in [0.3, 0.4) is 0 Å². The first kappa shape index (κ1) is 14.5. The van der Waals surface area contributed by atoms with E-state index in [9.17, 15) is 0 Å². The molecule has 0 aliphatic rings. The van der Waals surface area contributed by atoms with Gasteiger partial charge in [0.2, 0.25) is 5.88 Å². The van der Waals surface area contributed by atoms with Crippen LogP contribution < -0.4 is 10.1 Å². The van der Waals surface area contributed by atoms with E-state index in [1.54, 1.807) is 6.20 Å². The lowest BCUT2D eigenvalue weighted by molar-refractivity contribution is 0.461. The van der Waals surface area contributed by atoms with E-state index < -0.39 is 0 Å². The van der Waals surface area contributed by atoms with E-state index in [-0.39, 0.29) is 0 Å². The van der Waals surface area contributed by atoms with E-state index in [0.29, 0.717) is 5.88 Å². The van der Waals surface area contributed by atoms with Gasteiger partial charge >= 0.3 is 0 Å². The van der Waals surface area contributed by atoms with Gasteiger partial charge in [-0.15, -0.1) is 0 Å². The van der Waals surface area contributed by atoms with Crippen molar-refractivity contribution in [2.75, 3.05) is 6.54 Å². The van der Waals surface area contributed by atoms with Crippen LogP contribution in [-0.2, 0) is 13.0 Å². The predicted octanol–water partition coefficient (Wildman–Crippen LogP) is 3.94. The minimum absolute atomic E-state index is 0.642. The maximum absolute atomic E-state index is 5.79. The van der Waals surface area contributed by atoms with Gasteiger partial charge in [0.05, 0.1) is 0 Å². The van der Waals surface area contributed by atoms with E-state index in [4.69, 9.17) is 4.74 Å². The monoisotopic (exact) mass is 270 g/mol. The van der Waals surface area contributed by atoms with E-state index in [2.05, 4.69) is 36.3 Å². The Hall–Kier alpha value is -1.87. The molecule has 0 radical (unpaired) electrons. The van der Waals surface area contributed by atoms with Crippen LogP contribution in [0.2, 0.25) is 0 Å². The quantitative estimate of drug-likeness (QED) is 0.827. The fourth-order valence-corrected chi connectivity index (χ4v) is 2.02. The lowest BCUT2D eigenvalue weighted by Crippen LogP contribution is -2.11. The zero-order valence-corrected chi connectivity index (χ0v) is 12.2. The Morgan fingerprint density at radius 1 is 1.05 bits per heavy atom. The Kier molecular flexibility index (Phi) is 5.56. The van der Waals surface area contributed by atoms with E-state index in [1.165, 1.54) is 11.1 Å². The van der Waals surface area contributed by atoms with Crippen molar-refractivity contribution in [2.45, 2.75) is 33.2 Å². The van der Waals surface area contributed by atoms with Crippen molar-refractivity contribution in [1.82, 2.24) is 10.3 Å². The molecule has 0 unspecified atom stereocenters. The molecule has 0 fully saturated rings. The summed E-state index contributed by atoms with van der Waals surface area (Å²) < 4.78 is 5.79. The third kappa shape index (κ3) is 4.35. The maximum atomic E-state index is 5.79. The molecule has 0 aliphatic heterocycles. The van der Waals surface area contributed by atoms with Crippen LogP contribution >= 0.6 is 0 Å². The Balaban J connectivity index is 2.01. The average molecular weight is 270 g/mol. The standard InChI is InChI=1S/C17H22N2O/c1-3-5-14-6-8-16(9-7-14)20-17-12-15(10-11-19-17)13-18-4-2/h6-12,18H,3-5,13H2,1-2H3. The van der Waals surface area contributed by atoms with E-state index >= 15 is 0 Å². The number of pyridine rings is 1. The normalized spacial score (nSPS) is 10.5. The summed E-state index contributed by atoms with van der Waals surface area (Å²) in [6, 6.07) is 12.2. The van der Waals surface area contributed by atoms with E-state index in [0.717, 1.165) is 31.7 Å². The summed E-state index contributed by atoms with van der Waals surface area (Å²) in [5, 5.41) is 3.29. The zero-order chi connectivity index (χ0) is 14.2. The smallest absolute Gasteiger partial charge is 0.219 e. The fraction of sp³-hybridized carbons (Fsp3) is 0.353. The van der Waals surface area contributed by atoms with Crippen LogP contribution in [0.25, 0.3) is 0 Å². The Labute approximate surface area is 121 Å². The van der Waals surface area contributed by atoms with Crippen molar-refractivity contribution in [3.8, 4) is 11.6 Å². The molecule has 0 saturated heterocycles. The van der Waals surface area contributed by atoms with Crippen LogP contribution in [0.4, 0.5) is 0 Å². The van der Waals surface area contributed by atoms with Gasteiger partial charge in [0.15, 0.2) is 0 Å². The lowest BCUT2D eigenvalue weighted by atomic mass is 10.1. The lowest BCUT2D eigenvalue weighted by Gasteiger charge is -2.07. The molecule has 3 nitrogen and oxygen atoms in total. The molecule has 1 aromatic heterocycles. The molecule has 20 heavy (non-hydrogen) atoms. The summed E-state index contributed by atoms with van der Waals surface area (Å²) in [6.45, 7) is 6.07. The summed E-state index contributed by atoms with van der Waals surface area (Å²) >= 11 is 0. The molecule has 2 aromatic rings. The molecule has 3 heteroatoms. The van der Waals surface area contributed by atoms with Gasteiger partial charge < -0.3 is 10.1 Å². The zero-order valence-electron chi connectivity index (χ0n) is 12.2. The number of aromatic nitrogens is 1. The van der Waals surface area contributed by atoms with Gasteiger partial charge in [0, 0.05) is 18.8 Å². The second-order valence-electron chi connectivity index (χ2n) is 4.78. The average Bonchev–Trinajstić information content (AvgIpc) is 2.48. The molecule has 0 atom stereocenters. The van der Waals surface area contributed by atoms with Gasteiger partial charge in [-0.3, -0.25) is 0 Å². The molecule has 0 bridgehead atoms. The highest BCUT2D eigenvalue weighted by Gasteiger charge is 2.01. The van der Waals surface area contributed by atoms with E-state index in [1.807, 2.05) is 24.3 Å². The van der Waals surface area contributed by atoms with Gasteiger partial charge in [-0.1, -0.05) is 32.4 Å². The van der Waals surface area contributed by atoms with Crippen molar-refractivity contribution >= 4 is 0 Å². The highest BCUT2D eigenvalue weighted by molar-refractivity contribution is 5.31. The first-order valence-corrected chi connectivity index (χ1v) is 7.24. The summed E-state index contributed by atoms with van der Waals surface area (Å²) in [5.74, 6) is 1.47. The van der Waals surface area contributed by atoms with Gasteiger partial charge in [-0.05, 0) is 42.3 Å². The number of nitrogens with one attached hydrogen (secondary N) is 1. The number of hydrogen-bond donors (Lipinski definition) is 1. The molecule has 106 valence electrons. The maximum Gasteiger partial charge on any atom is 0.219 e. The first-order valence-electron chi connectivity index (χ1n) is 7.24. The Bertz CT molecular complexity index is 523. The molecule has 1 heterocycles. The number of nitrogens with zero attached hydrogens (tertiary/aromatic N) is 1. The SMILES string of the molecule is CCCc1ccc(Oc2cc(CNCC)ccn2)cc1. The fourth-order valence-electron chi connectivity index (χ4n) is 2.02. The second kappa shape index (κ2) is 7.65. The molecule has 0 spiro atoms. The second-order valence-corrected chi connectivity index (χ2v) is 4.78. The molecular weight excluding hydrogens is 248 g/mol. The van der Waals surface area contributed by atoms with Crippen LogP contribution in [0.1, 0.15) is 31.4 Å². The molecule has 1 N–H and O–H groups in total. The van der Waals surface area contributed by atoms with Crippen molar-refractivity contribution in [2.24, 2.45) is 0 Å². The van der Waals surface area contributed by atoms with Crippen molar-refractivity contribution in [3.63, 3.8) is 0 Å². The van der Waals surface area contributed by atoms with Gasteiger partial charge in [0.25, 0.3) is 0 Å². The highest BCUT2D eigenvalue weighted by Crippen LogP contribution is 2.20. The third-order valence-electron chi connectivity index (χ3n) is 3.06. The molecule has 0 aliphatic carbocycles. The van der Waals surface area contributed by atoms with Crippen LogP contribution in [0, 0.1) is 0 Å². The number of hydrogen-bond acceptors (Lipinski definition) is 3. The Morgan fingerprint density at radius 3 is 2.55 bits per heavy atom. The Morgan fingerprint density at radius 2 is 1.85 bits per heavy atom. The third-order valence-corrected chi connectivity index (χ3v) is 3.06. The number of rotatable bonds is 7. The minimum Gasteiger partial charge on any atom is -0.439 e. The predicted molar refractivity (Wildman–Crippen MR) is 82.1 cm³/mol.